The number of morpholine rings is 1. The molecule has 0 radical (unpaired) electrons. The van der Waals surface area contributed by atoms with E-state index in [1.807, 2.05) is 11.8 Å². The van der Waals surface area contributed by atoms with Crippen molar-refractivity contribution < 1.29 is 14.3 Å². The van der Waals surface area contributed by atoms with Gasteiger partial charge in [-0.15, -0.1) is 0 Å². The van der Waals surface area contributed by atoms with Crippen molar-refractivity contribution in [2.75, 3.05) is 39.3 Å². The fraction of sp³-hybridized carbons (Fsp3) is 0.562. The topological polar surface area (TPSA) is 74.8 Å². The Hall–Kier alpha value is -1.99. The number of aromatic nitrogens is 1. The zero-order valence-electron chi connectivity index (χ0n) is 13.3. The summed E-state index contributed by atoms with van der Waals surface area (Å²) in [4.78, 5) is 32.6. The molecular formula is C16H22N4O3. The lowest BCUT2D eigenvalue weighted by Crippen LogP contribution is -2.60. The first kappa shape index (κ1) is 15.9. The van der Waals surface area contributed by atoms with Crippen molar-refractivity contribution in [1.82, 2.24) is 20.1 Å². The quantitative estimate of drug-likeness (QED) is 0.813. The van der Waals surface area contributed by atoms with Crippen molar-refractivity contribution in [3.63, 3.8) is 0 Å². The third kappa shape index (κ3) is 3.51. The van der Waals surface area contributed by atoms with E-state index in [2.05, 4.69) is 10.3 Å². The first-order valence-corrected chi connectivity index (χ1v) is 8.01. The van der Waals surface area contributed by atoms with Crippen LogP contribution >= 0.6 is 0 Å². The molecule has 124 valence electrons. The highest BCUT2D eigenvalue weighted by Crippen LogP contribution is 2.12. The van der Waals surface area contributed by atoms with E-state index in [-0.39, 0.29) is 24.0 Å². The summed E-state index contributed by atoms with van der Waals surface area (Å²) in [6.45, 7) is 5.39. The fourth-order valence-corrected chi connectivity index (χ4v) is 2.99. The molecule has 2 saturated heterocycles. The molecule has 3 rings (SSSR count). The second-order valence-electron chi connectivity index (χ2n) is 5.84. The lowest BCUT2D eigenvalue weighted by atomic mass is 10.1. The molecule has 2 fully saturated rings. The SMILES string of the molecule is C[C@H]1OCCN[C@@H]1C(=O)N1CCN(C(=O)c2ccccn2)CC1. The predicted molar refractivity (Wildman–Crippen MR) is 83.9 cm³/mol. The summed E-state index contributed by atoms with van der Waals surface area (Å²) in [6.07, 6.45) is 1.49. The average Bonchev–Trinajstić information content (AvgIpc) is 2.62. The van der Waals surface area contributed by atoms with E-state index in [4.69, 9.17) is 4.74 Å². The third-order valence-electron chi connectivity index (χ3n) is 4.35. The van der Waals surface area contributed by atoms with Gasteiger partial charge in [0.15, 0.2) is 0 Å². The molecule has 1 aromatic rings. The van der Waals surface area contributed by atoms with Gasteiger partial charge in [0.25, 0.3) is 5.91 Å². The minimum atomic E-state index is -0.290. The molecule has 7 nitrogen and oxygen atoms in total. The number of hydrogen-bond acceptors (Lipinski definition) is 5. The molecule has 2 aliphatic rings. The summed E-state index contributed by atoms with van der Waals surface area (Å²) in [5.41, 5.74) is 0.447. The Morgan fingerprint density at radius 3 is 2.61 bits per heavy atom. The van der Waals surface area contributed by atoms with E-state index in [1.165, 1.54) is 0 Å². The van der Waals surface area contributed by atoms with Crippen LogP contribution in [0.3, 0.4) is 0 Å². The summed E-state index contributed by atoms with van der Waals surface area (Å²) in [7, 11) is 0. The van der Waals surface area contributed by atoms with Crippen LogP contribution in [0.2, 0.25) is 0 Å². The van der Waals surface area contributed by atoms with Crippen LogP contribution in [0, 0.1) is 0 Å². The molecule has 0 unspecified atom stereocenters. The second-order valence-corrected chi connectivity index (χ2v) is 5.84. The van der Waals surface area contributed by atoms with Gasteiger partial charge in [-0.25, -0.2) is 0 Å². The zero-order valence-corrected chi connectivity index (χ0v) is 13.3. The molecule has 7 heteroatoms. The van der Waals surface area contributed by atoms with Gasteiger partial charge in [-0.3, -0.25) is 14.6 Å². The number of rotatable bonds is 2. The predicted octanol–water partition coefficient (Wildman–Crippen LogP) is -0.257. The van der Waals surface area contributed by atoms with Crippen LogP contribution < -0.4 is 5.32 Å². The van der Waals surface area contributed by atoms with Gasteiger partial charge in [0.2, 0.25) is 5.91 Å². The molecule has 2 amide bonds. The smallest absolute Gasteiger partial charge is 0.272 e. The van der Waals surface area contributed by atoms with Crippen LogP contribution in [0.1, 0.15) is 17.4 Å². The van der Waals surface area contributed by atoms with E-state index in [0.717, 1.165) is 0 Å². The Bertz CT molecular complexity index is 558. The summed E-state index contributed by atoms with van der Waals surface area (Å²) < 4.78 is 5.54. The lowest BCUT2D eigenvalue weighted by molar-refractivity contribution is -0.140. The Balaban J connectivity index is 1.56. The van der Waals surface area contributed by atoms with Crippen LogP contribution in [-0.4, -0.2) is 78.1 Å². The highest BCUT2D eigenvalue weighted by molar-refractivity contribution is 5.92. The van der Waals surface area contributed by atoms with Crippen molar-refractivity contribution in [1.29, 1.82) is 0 Å². The zero-order chi connectivity index (χ0) is 16.2. The van der Waals surface area contributed by atoms with Crippen molar-refractivity contribution in [3.8, 4) is 0 Å². The monoisotopic (exact) mass is 318 g/mol. The standard InChI is InChI=1S/C16H22N4O3/c1-12-14(18-6-11-23-12)16(22)20-9-7-19(8-10-20)15(21)13-4-2-3-5-17-13/h2-5,12,14,18H,6-11H2,1H3/t12-,14+/m1/s1. The first-order chi connectivity index (χ1) is 11.2. The maximum Gasteiger partial charge on any atom is 0.272 e. The molecule has 0 bridgehead atoms. The summed E-state index contributed by atoms with van der Waals surface area (Å²) in [6, 6.07) is 5.01. The van der Waals surface area contributed by atoms with Crippen molar-refractivity contribution >= 4 is 11.8 Å². The van der Waals surface area contributed by atoms with E-state index < -0.39 is 0 Å². The molecule has 1 aromatic heterocycles. The van der Waals surface area contributed by atoms with E-state index in [1.54, 1.807) is 29.3 Å². The third-order valence-corrected chi connectivity index (χ3v) is 4.35. The van der Waals surface area contributed by atoms with E-state index >= 15 is 0 Å². The van der Waals surface area contributed by atoms with Crippen LogP contribution in [0.4, 0.5) is 0 Å². The summed E-state index contributed by atoms with van der Waals surface area (Å²) in [5.74, 6) is -0.0210. The number of nitrogens with one attached hydrogen (secondary N) is 1. The first-order valence-electron chi connectivity index (χ1n) is 8.01. The molecule has 1 N–H and O–H groups in total. The maximum atomic E-state index is 12.6. The van der Waals surface area contributed by atoms with Crippen molar-refractivity contribution in [2.24, 2.45) is 0 Å². The van der Waals surface area contributed by atoms with Gasteiger partial charge in [-0.1, -0.05) is 6.07 Å². The van der Waals surface area contributed by atoms with Gasteiger partial charge in [0.1, 0.15) is 11.7 Å². The molecule has 23 heavy (non-hydrogen) atoms. The highest BCUT2D eigenvalue weighted by atomic mass is 16.5. The maximum absolute atomic E-state index is 12.6. The van der Waals surface area contributed by atoms with Gasteiger partial charge in [0, 0.05) is 38.9 Å². The van der Waals surface area contributed by atoms with Crippen molar-refractivity contribution in [2.45, 2.75) is 19.1 Å². The van der Waals surface area contributed by atoms with Gasteiger partial charge >= 0.3 is 0 Å². The number of carbonyl (C=O) groups excluding carboxylic acids is 2. The lowest BCUT2D eigenvalue weighted by Gasteiger charge is -2.38. The molecule has 0 aromatic carbocycles. The molecule has 0 saturated carbocycles. The number of nitrogens with zero attached hydrogens (tertiary/aromatic N) is 3. The second kappa shape index (κ2) is 7.06. The number of pyridine rings is 1. The minimum Gasteiger partial charge on any atom is -0.375 e. The molecular weight excluding hydrogens is 296 g/mol. The minimum absolute atomic E-state index is 0.0575. The highest BCUT2D eigenvalue weighted by Gasteiger charge is 2.34. The molecule has 0 spiro atoms. The van der Waals surface area contributed by atoms with Gasteiger partial charge < -0.3 is 19.9 Å². The Morgan fingerprint density at radius 2 is 1.96 bits per heavy atom. The Kier molecular flexibility index (Phi) is 4.88. The van der Waals surface area contributed by atoms with Crippen LogP contribution in [0.15, 0.2) is 24.4 Å². The molecule has 2 atom stereocenters. The average molecular weight is 318 g/mol. The molecule has 0 aliphatic carbocycles. The summed E-state index contributed by atoms with van der Waals surface area (Å²) >= 11 is 0. The summed E-state index contributed by atoms with van der Waals surface area (Å²) in [5, 5.41) is 3.22. The van der Waals surface area contributed by atoms with E-state index in [9.17, 15) is 9.59 Å². The number of amides is 2. The Morgan fingerprint density at radius 1 is 1.22 bits per heavy atom. The number of ether oxygens (including phenoxy) is 1. The Labute approximate surface area is 135 Å². The normalized spacial score (nSPS) is 25.3. The van der Waals surface area contributed by atoms with Crippen LogP contribution in [0.25, 0.3) is 0 Å². The van der Waals surface area contributed by atoms with Crippen molar-refractivity contribution in [3.05, 3.63) is 30.1 Å². The van der Waals surface area contributed by atoms with E-state index in [0.29, 0.717) is 45.0 Å². The number of piperazine rings is 1. The number of carbonyl (C=O) groups is 2. The van der Waals surface area contributed by atoms with Crippen LogP contribution in [0.5, 0.6) is 0 Å². The van der Waals surface area contributed by atoms with Gasteiger partial charge in [0.05, 0.1) is 12.7 Å². The largest absolute Gasteiger partial charge is 0.375 e. The fourth-order valence-electron chi connectivity index (χ4n) is 2.99. The van der Waals surface area contributed by atoms with Gasteiger partial charge in [-0.05, 0) is 19.1 Å². The molecule has 2 aliphatic heterocycles. The van der Waals surface area contributed by atoms with Crippen LogP contribution in [-0.2, 0) is 9.53 Å². The van der Waals surface area contributed by atoms with Gasteiger partial charge in [-0.2, -0.15) is 0 Å². The number of hydrogen-bond donors (Lipinski definition) is 1. The molecule has 3 heterocycles.